The molecule has 0 bridgehead atoms. The molecule has 5 heteroatoms. The van der Waals surface area contributed by atoms with Crippen molar-refractivity contribution in [1.29, 1.82) is 0 Å². The van der Waals surface area contributed by atoms with Gasteiger partial charge in [-0.15, -0.1) is 0 Å². The highest BCUT2D eigenvalue weighted by Gasteiger charge is 2.18. The smallest absolute Gasteiger partial charge is 0.195 e. The van der Waals surface area contributed by atoms with E-state index in [1.165, 1.54) is 0 Å². The number of aromatic amines is 1. The molecule has 0 saturated heterocycles. The van der Waals surface area contributed by atoms with Crippen molar-refractivity contribution in [1.82, 2.24) is 14.8 Å². The molecule has 1 unspecified atom stereocenters. The Labute approximate surface area is 111 Å². The van der Waals surface area contributed by atoms with Crippen LogP contribution in [0.25, 0.3) is 0 Å². The Hall–Kier alpha value is -1.46. The molecule has 1 aromatic carbocycles. The van der Waals surface area contributed by atoms with Gasteiger partial charge in [-0.05, 0) is 23.7 Å². The van der Waals surface area contributed by atoms with E-state index in [4.69, 9.17) is 12.2 Å². The summed E-state index contributed by atoms with van der Waals surface area (Å²) in [6, 6.07) is 9.46. The average Bonchev–Trinajstić information content (AvgIpc) is 2.71. The molecule has 0 aliphatic heterocycles. The lowest BCUT2D eigenvalue weighted by Gasteiger charge is -2.14. The Morgan fingerprint density at radius 1 is 1.33 bits per heavy atom. The second-order valence-corrected chi connectivity index (χ2v) is 5.09. The summed E-state index contributed by atoms with van der Waals surface area (Å²) in [6.07, 6.45) is -0.752. The number of rotatable bonds is 4. The molecule has 1 aromatic heterocycles. The fourth-order valence-corrected chi connectivity index (χ4v) is 2.08. The Morgan fingerprint density at radius 2 is 2.00 bits per heavy atom. The number of aromatic nitrogens is 3. The molecular weight excluding hydrogens is 246 g/mol. The molecule has 2 aromatic rings. The molecule has 96 valence electrons. The molecule has 0 radical (unpaired) electrons. The molecule has 18 heavy (non-hydrogen) atoms. The Bertz CT molecular complexity index is 559. The maximum atomic E-state index is 10.3. The van der Waals surface area contributed by atoms with Crippen LogP contribution in [0, 0.1) is 10.7 Å². The monoisotopic (exact) mass is 263 g/mol. The van der Waals surface area contributed by atoms with E-state index in [2.05, 4.69) is 24.0 Å². The first kappa shape index (κ1) is 13.0. The zero-order valence-electron chi connectivity index (χ0n) is 10.5. The molecule has 0 spiro atoms. The van der Waals surface area contributed by atoms with Crippen LogP contribution < -0.4 is 0 Å². The van der Waals surface area contributed by atoms with Gasteiger partial charge in [-0.25, -0.2) is 0 Å². The third kappa shape index (κ3) is 2.68. The van der Waals surface area contributed by atoms with E-state index in [9.17, 15) is 5.11 Å². The second-order valence-electron chi connectivity index (χ2n) is 4.70. The molecule has 4 nitrogen and oxygen atoms in total. The summed E-state index contributed by atoms with van der Waals surface area (Å²) < 4.78 is 2.41. The summed E-state index contributed by atoms with van der Waals surface area (Å²) >= 11 is 5.19. The molecule has 0 aliphatic carbocycles. The van der Waals surface area contributed by atoms with E-state index in [-0.39, 0.29) is 0 Å². The SMILES string of the molecule is CC(C)Cn1c(C(O)c2ccccc2)n[nH]c1=S. The number of hydrogen-bond donors (Lipinski definition) is 2. The first-order valence-electron chi connectivity index (χ1n) is 5.97. The number of hydrogen-bond acceptors (Lipinski definition) is 3. The molecular formula is C13H17N3OS. The summed E-state index contributed by atoms with van der Waals surface area (Å²) in [5.41, 5.74) is 0.816. The summed E-state index contributed by atoms with van der Waals surface area (Å²) in [5, 5.41) is 17.2. The summed E-state index contributed by atoms with van der Waals surface area (Å²) in [5.74, 6) is 1.01. The van der Waals surface area contributed by atoms with E-state index in [0.29, 0.717) is 16.5 Å². The summed E-state index contributed by atoms with van der Waals surface area (Å²) in [6.45, 7) is 4.95. The van der Waals surface area contributed by atoms with E-state index >= 15 is 0 Å². The minimum absolute atomic E-state index is 0.441. The molecule has 0 amide bonds. The van der Waals surface area contributed by atoms with Gasteiger partial charge in [0.1, 0.15) is 6.10 Å². The Morgan fingerprint density at radius 3 is 2.61 bits per heavy atom. The molecule has 0 aliphatic rings. The lowest BCUT2D eigenvalue weighted by atomic mass is 10.1. The van der Waals surface area contributed by atoms with Crippen LogP contribution in [0.3, 0.4) is 0 Å². The van der Waals surface area contributed by atoms with Crippen LogP contribution in [0.2, 0.25) is 0 Å². The van der Waals surface area contributed by atoms with Crippen molar-refractivity contribution >= 4 is 12.2 Å². The Kier molecular flexibility index (Phi) is 3.93. The highest BCUT2D eigenvalue weighted by atomic mass is 32.1. The van der Waals surface area contributed by atoms with E-state index in [1.807, 2.05) is 34.9 Å². The van der Waals surface area contributed by atoms with Crippen LogP contribution in [-0.4, -0.2) is 19.9 Å². The van der Waals surface area contributed by atoms with Gasteiger partial charge in [-0.3, -0.25) is 5.10 Å². The number of aliphatic hydroxyl groups is 1. The van der Waals surface area contributed by atoms with Crippen LogP contribution in [0.1, 0.15) is 31.3 Å². The zero-order chi connectivity index (χ0) is 13.1. The van der Waals surface area contributed by atoms with Gasteiger partial charge in [0.05, 0.1) is 0 Å². The fourth-order valence-electron chi connectivity index (χ4n) is 1.86. The quantitative estimate of drug-likeness (QED) is 0.834. The molecule has 2 rings (SSSR count). The molecule has 2 N–H and O–H groups in total. The number of benzene rings is 1. The number of nitrogens with one attached hydrogen (secondary N) is 1. The third-order valence-corrected chi connectivity index (χ3v) is 3.01. The van der Waals surface area contributed by atoms with Gasteiger partial charge >= 0.3 is 0 Å². The van der Waals surface area contributed by atoms with Crippen LogP contribution in [0.15, 0.2) is 30.3 Å². The lowest BCUT2D eigenvalue weighted by molar-refractivity contribution is 0.202. The van der Waals surface area contributed by atoms with Crippen LogP contribution in [0.4, 0.5) is 0 Å². The molecule has 1 atom stereocenters. The molecule has 0 saturated carbocycles. The number of H-pyrrole nitrogens is 1. The zero-order valence-corrected chi connectivity index (χ0v) is 11.3. The van der Waals surface area contributed by atoms with Gasteiger partial charge in [-0.2, -0.15) is 5.10 Å². The van der Waals surface area contributed by atoms with Gasteiger partial charge in [0, 0.05) is 6.54 Å². The van der Waals surface area contributed by atoms with Crippen molar-refractivity contribution < 1.29 is 5.11 Å². The largest absolute Gasteiger partial charge is 0.380 e. The topological polar surface area (TPSA) is 53.8 Å². The second kappa shape index (κ2) is 5.46. The van der Waals surface area contributed by atoms with Gasteiger partial charge in [-0.1, -0.05) is 44.2 Å². The first-order valence-corrected chi connectivity index (χ1v) is 6.38. The summed E-state index contributed by atoms with van der Waals surface area (Å²) in [4.78, 5) is 0. The van der Waals surface area contributed by atoms with Crippen LogP contribution >= 0.6 is 12.2 Å². The van der Waals surface area contributed by atoms with Crippen molar-refractivity contribution in [3.05, 3.63) is 46.5 Å². The fraction of sp³-hybridized carbons (Fsp3) is 0.385. The van der Waals surface area contributed by atoms with Gasteiger partial charge in [0.25, 0.3) is 0 Å². The maximum absolute atomic E-state index is 10.3. The summed E-state index contributed by atoms with van der Waals surface area (Å²) in [7, 11) is 0. The van der Waals surface area contributed by atoms with Crippen LogP contribution in [-0.2, 0) is 6.54 Å². The van der Waals surface area contributed by atoms with E-state index in [0.717, 1.165) is 12.1 Å². The van der Waals surface area contributed by atoms with Crippen molar-refractivity contribution in [3.63, 3.8) is 0 Å². The predicted octanol–water partition coefficient (Wildman–Crippen LogP) is 2.68. The maximum Gasteiger partial charge on any atom is 0.195 e. The van der Waals surface area contributed by atoms with Crippen LogP contribution in [0.5, 0.6) is 0 Å². The van der Waals surface area contributed by atoms with Gasteiger partial charge in [0.2, 0.25) is 0 Å². The van der Waals surface area contributed by atoms with Gasteiger partial charge in [0.15, 0.2) is 10.6 Å². The number of nitrogens with zero attached hydrogens (tertiary/aromatic N) is 2. The Balaban J connectivity index is 2.37. The first-order chi connectivity index (χ1) is 8.59. The van der Waals surface area contributed by atoms with Crippen molar-refractivity contribution in [2.75, 3.05) is 0 Å². The highest BCUT2D eigenvalue weighted by molar-refractivity contribution is 7.71. The predicted molar refractivity (Wildman–Crippen MR) is 72.8 cm³/mol. The average molecular weight is 263 g/mol. The van der Waals surface area contributed by atoms with Crippen molar-refractivity contribution in [2.24, 2.45) is 5.92 Å². The number of aliphatic hydroxyl groups excluding tert-OH is 1. The third-order valence-electron chi connectivity index (χ3n) is 2.70. The standard InChI is InChI=1S/C13H17N3OS/c1-9(2)8-16-12(14-15-13(16)18)11(17)10-6-4-3-5-7-10/h3-7,9,11,17H,8H2,1-2H3,(H,15,18). The van der Waals surface area contributed by atoms with E-state index in [1.54, 1.807) is 0 Å². The molecule has 0 fully saturated rings. The van der Waals surface area contributed by atoms with Crippen molar-refractivity contribution in [3.8, 4) is 0 Å². The minimum atomic E-state index is -0.752. The lowest BCUT2D eigenvalue weighted by Crippen LogP contribution is -2.13. The minimum Gasteiger partial charge on any atom is -0.380 e. The van der Waals surface area contributed by atoms with Gasteiger partial charge < -0.3 is 9.67 Å². The molecule has 1 heterocycles. The van der Waals surface area contributed by atoms with Crippen molar-refractivity contribution in [2.45, 2.75) is 26.5 Å². The van der Waals surface area contributed by atoms with E-state index < -0.39 is 6.10 Å². The normalized spacial score (nSPS) is 12.9. The highest BCUT2D eigenvalue weighted by Crippen LogP contribution is 2.20.